The molecule has 0 saturated heterocycles. The first-order valence-electron chi connectivity index (χ1n) is 12.5. The Morgan fingerprint density at radius 3 is 2.80 bits per heavy atom. The zero-order valence-corrected chi connectivity index (χ0v) is 21.4. The SMILES string of the molecule is Cc1cnc(Nc2ccnn2C)cc1-c1cc2n(c1)C[C@H](CF)n1c-2nnc1C(F)(F)c1noc2ccccc12. The highest BCUT2D eigenvalue weighted by molar-refractivity contribution is 5.80. The maximum Gasteiger partial charge on any atom is 0.352 e. The summed E-state index contributed by atoms with van der Waals surface area (Å²) in [7, 11) is 1.82. The predicted molar refractivity (Wildman–Crippen MR) is 140 cm³/mol. The number of nitrogens with zero attached hydrogens (tertiary/aromatic N) is 8. The van der Waals surface area contributed by atoms with Gasteiger partial charge in [-0.3, -0.25) is 9.25 Å². The summed E-state index contributed by atoms with van der Waals surface area (Å²) in [6.07, 6.45) is 5.30. The first kappa shape index (κ1) is 24.1. The number of hydrogen-bond donors (Lipinski definition) is 1. The number of nitrogens with one attached hydrogen (secondary N) is 1. The van der Waals surface area contributed by atoms with Crippen LogP contribution in [0.4, 0.5) is 24.8 Å². The van der Waals surface area contributed by atoms with Crippen LogP contribution in [0.25, 0.3) is 33.6 Å². The van der Waals surface area contributed by atoms with Crippen molar-refractivity contribution in [2.75, 3.05) is 12.0 Å². The van der Waals surface area contributed by atoms with Gasteiger partial charge in [0.2, 0.25) is 5.82 Å². The Hall–Kier alpha value is -4.94. The molecule has 13 heteroatoms. The van der Waals surface area contributed by atoms with Crippen LogP contribution < -0.4 is 5.32 Å². The quantitative estimate of drug-likeness (QED) is 0.299. The lowest BCUT2D eigenvalue weighted by atomic mass is 10.1. The van der Waals surface area contributed by atoms with Crippen molar-refractivity contribution in [2.45, 2.75) is 25.4 Å². The molecule has 1 N–H and O–H groups in total. The van der Waals surface area contributed by atoms with Gasteiger partial charge in [0.1, 0.15) is 18.3 Å². The number of halogens is 3. The lowest BCUT2D eigenvalue weighted by Crippen LogP contribution is -2.30. The van der Waals surface area contributed by atoms with Gasteiger partial charge in [-0.25, -0.2) is 9.37 Å². The van der Waals surface area contributed by atoms with Crippen molar-refractivity contribution >= 4 is 22.6 Å². The van der Waals surface area contributed by atoms with Gasteiger partial charge in [0.15, 0.2) is 17.1 Å². The second kappa shape index (κ2) is 8.79. The van der Waals surface area contributed by atoms with Gasteiger partial charge in [-0.15, -0.1) is 10.2 Å². The van der Waals surface area contributed by atoms with Crippen molar-refractivity contribution in [3.63, 3.8) is 0 Å². The summed E-state index contributed by atoms with van der Waals surface area (Å²) >= 11 is 0. The van der Waals surface area contributed by atoms with E-state index in [1.807, 2.05) is 42.9 Å². The topological polar surface area (TPSA) is 104 Å². The van der Waals surface area contributed by atoms with Crippen molar-refractivity contribution < 1.29 is 17.7 Å². The summed E-state index contributed by atoms with van der Waals surface area (Å²) in [6.45, 7) is 1.18. The van der Waals surface area contributed by atoms with E-state index in [9.17, 15) is 4.39 Å². The third-order valence-corrected chi connectivity index (χ3v) is 7.22. The van der Waals surface area contributed by atoms with Crippen molar-refractivity contribution in [1.82, 2.24) is 39.3 Å². The smallest absolute Gasteiger partial charge is 0.352 e. The fraction of sp³-hybridized carbons (Fsp3) is 0.222. The zero-order chi connectivity index (χ0) is 27.6. The van der Waals surface area contributed by atoms with Gasteiger partial charge < -0.3 is 14.4 Å². The Balaban J connectivity index is 1.30. The molecular weight excluding hydrogens is 523 g/mol. The highest BCUT2D eigenvalue weighted by Crippen LogP contribution is 2.43. The largest absolute Gasteiger partial charge is 0.356 e. The molecule has 1 aliphatic rings. The third-order valence-electron chi connectivity index (χ3n) is 7.22. The molecule has 40 heavy (non-hydrogen) atoms. The van der Waals surface area contributed by atoms with E-state index in [2.05, 4.69) is 30.8 Å². The van der Waals surface area contributed by atoms with Crippen LogP contribution in [0.1, 0.15) is 23.1 Å². The maximum absolute atomic E-state index is 15.9. The molecule has 0 bridgehead atoms. The highest BCUT2D eigenvalue weighted by atomic mass is 19.3. The molecule has 7 rings (SSSR count). The van der Waals surface area contributed by atoms with Crippen LogP contribution in [0.5, 0.6) is 0 Å². The Kier molecular flexibility index (Phi) is 5.30. The minimum absolute atomic E-state index is 0.129. The molecule has 0 radical (unpaired) electrons. The maximum atomic E-state index is 15.9. The van der Waals surface area contributed by atoms with E-state index in [-0.39, 0.29) is 23.3 Å². The van der Waals surface area contributed by atoms with Crippen LogP contribution in [-0.2, 0) is 19.5 Å². The number of anilines is 2. The number of aryl methyl sites for hydroxylation is 2. The minimum atomic E-state index is -3.67. The van der Waals surface area contributed by atoms with Crippen molar-refractivity contribution in [3.05, 3.63) is 78.1 Å². The van der Waals surface area contributed by atoms with Crippen molar-refractivity contribution in [3.8, 4) is 22.6 Å². The summed E-state index contributed by atoms with van der Waals surface area (Å²) in [5, 5.41) is 19.2. The lowest BCUT2D eigenvalue weighted by Gasteiger charge is -2.27. The fourth-order valence-electron chi connectivity index (χ4n) is 5.20. The lowest BCUT2D eigenvalue weighted by molar-refractivity contribution is 0.0196. The van der Waals surface area contributed by atoms with Gasteiger partial charge in [0.25, 0.3) is 0 Å². The summed E-state index contributed by atoms with van der Waals surface area (Å²) in [5.41, 5.74) is 2.79. The standard InChI is InChI=1S/C27H22F3N9O/c1-15-12-31-22(33-23-7-8-32-37(23)2)10-19(15)16-9-20-25-34-35-26(39(25)17(11-28)14-38(20)13-16)27(29,30)24-18-5-3-4-6-21(18)40-36-24/h3-10,12-13,17H,11,14H2,1-2H3,(H,31,33)/t17-/m0/s1. The molecule has 1 aromatic carbocycles. The fourth-order valence-corrected chi connectivity index (χ4v) is 5.20. The number of rotatable bonds is 6. The Morgan fingerprint density at radius 2 is 2.00 bits per heavy atom. The van der Waals surface area contributed by atoms with Crippen LogP contribution in [0.2, 0.25) is 0 Å². The molecule has 0 unspecified atom stereocenters. The molecule has 0 amide bonds. The van der Waals surface area contributed by atoms with E-state index in [4.69, 9.17) is 4.52 Å². The highest BCUT2D eigenvalue weighted by Gasteiger charge is 2.47. The first-order chi connectivity index (χ1) is 19.3. The number of fused-ring (bicyclic) bond motifs is 4. The Morgan fingerprint density at radius 1 is 1.15 bits per heavy atom. The number of benzene rings is 1. The van der Waals surface area contributed by atoms with E-state index in [1.54, 1.807) is 35.3 Å². The van der Waals surface area contributed by atoms with Crippen LogP contribution >= 0.6 is 0 Å². The predicted octanol–water partition coefficient (Wildman–Crippen LogP) is 5.40. The molecule has 0 spiro atoms. The average Bonchev–Trinajstić information content (AvgIpc) is 3.74. The van der Waals surface area contributed by atoms with Crippen LogP contribution in [0.15, 0.2) is 65.6 Å². The van der Waals surface area contributed by atoms with Crippen LogP contribution in [-0.4, -0.2) is 45.9 Å². The van der Waals surface area contributed by atoms with Gasteiger partial charge in [-0.05, 0) is 42.3 Å². The first-order valence-corrected chi connectivity index (χ1v) is 12.5. The Labute approximate surface area is 225 Å². The summed E-state index contributed by atoms with van der Waals surface area (Å²) in [6, 6.07) is 11.0. The number of hydrogen-bond acceptors (Lipinski definition) is 7. The number of aromatic nitrogens is 8. The molecule has 0 fully saturated rings. The zero-order valence-electron chi connectivity index (χ0n) is 21.4. The van der Waals surface area contributed by atoms with Gasteiger partial charge in [-0.1, -0.05) is 17.3 Å². The van der Waals surface area contributed by atoms with Gasteiger partial charge >= 0.3 is 5.92 Å². The van der Waals surface area contributed by atoms with E-state index in [0.29, 0.717) is 11.5 Å². The molecular formula is C27H22F3N9O. The molecule has 0 aliphatic carbocycles. The monoisotopic (exact) mass is 545 g/mol. The third kappa shape index (κ3) is 3.61. The minimum Gasteiger partial charge on any atom is -0.356 e. The van der Waals surface area contributed by atoms with Crippen LogP contribution in [0.3, 0.4) is 0 Å². The summed E-state index contributed by atoms with van der Waals surface area (Å²) in [5.74, 6) is -2.81. The van der Waals surface area contributed by atoms with E-state index in [0.717, 1.165) is 22.5 Å². The number of alkyl halides is 3. The second-order valence-electron chi connectivity index (χ2n) is 9.74. The number of para-hydroxylation sites is 1. The van der Waals surface area contributed by atoms with E-state index in [1.165, 1.54) is 10.6 Å². The molecule has 6 aromatic rings. The summed E-state index contributed by atoms with van der Waals surface area (Å²) in [4.78, 5) is 4.47. The molecule has 10 nitrogen and oxygen atoms in total. The van der Waals surface area contributed by atoms with E-state index >= 15 is 8.78 Å². The van der Waals surface area contributed by atoms with Gasteiger partial charge in [0, 0.05) is 37.6 Å². The molecule has 1 atom stereocenters. The van der Waals surface area contributed by atoms with Crippen molar-refractivity contribution in [1.29, 1.82) is 0 Å². The molecule has 1 aliphatic heterocycles. The van der Waals surface area contributed by atoms with E-state index < -0.39 is 30.2 Å². The average molecular weight is 546 g/mol. The molecule has 0 saturated carbocycles. The molecule has 202 valence electrons. The molecule has 5 aromatic heterocycles. The second-order valence-corrected chi connectivity index (χ2v) is 9.74. The molecule has 6 heterocycles. The van der Waals surface area contributed by atoms with Gasteiger partial charge in [0.05, 0.1) is 23.3 Å². The number of pyridine rings is 1. The summed E-state index contributed by atoms with van der Waals surface area (Å²) < 4.78 is 56.0. The van der Waals surface area contributed by atoms with Crippen molar-refractivity contribution in [2.24, 2.45) is 7.05 Å². The van der Waals surface area contributed by atoms with Crippen LogP contribution in [0, 0.1) is 6.92 Å². The Bertz CT molecular complexity index is 1880. The normalized spacial score (nSPS) is 14.9. The van der Waals surface area contributed by atoms with Gasteiger partial charge in [-0.2, -0.15) is 13.9 Å².